The van der Waals surface area contributed by atoms with Crippen molar-refractivity contribution in [2.45, 2.75) is 31.7 Å². The Bertz CT molecular complexity index is 1050. The molecule has 2 heterocycles. The highest BCUT2D eigenvalue weighted by atomic mass is 32.2. The second-order valence-corrected chi connectivity index (χ2v) is 11.2. The molecule has 2 fully saturated rings. The molecule has 0 aromatic heterocycles. The van der Waals surface area contributed by atoms with E-state index in [1.54, 1.807) is 13.8 Å². The van der Waals surface area contributed by atoms with Gasteiger partial charge in [-0.2, -0.15) is 4.99 Å². The lowest BCUT2D eigenvalue weighted by Crippen LogP contribution is -2.37. The monoisotopic (exact) mass is 444 g/mol. The molecule has 2 atom stereocenters. The fourth-order valence-electron chi connectivity index (χ4n) is 3.53. The number of aliphatic imine (C=N–C) groups is 1. The molecule has 0 aliphatic carbocycles. The van der Waals surface area contributed by atoms with Gasteiger partial charge in [0.1, 0.15) is 12.4 Å². The number of anilines is 1. The number of amidine groups is 1. The number of fused-ring (bicyclic) bond motifs is 1. The van der Waals surface area contributed by atoms with E-state index in [4.69, 9.17) is 4.74 Å². The highest BCUT2D eigenvalue weighted by molar-refractivity contribution is 8.16. The van der Waals surface area contributed by atoms with Crippen LogP contribution in [0.25, 0.3) is 0 Å². The summed E-state index contributed by atoms with van der Waals surface area (Å²) in [6.45, 7) is 4.08. The summed E-state index contributed by atoms with van der Waals surface area (Å²) in [4.78, 5) is 18.4. The first-order chi connectivity index (χ1) is 14.3. The summed E-state index contributed by atoms with van der Waals surface area (Å²) in [6, 6.07) is 17.2. The Labute approximate surface area is 181 Å². The van der Waals surface area contributed by atoms with E-state index >= 15 is 0 Å². The van der Waals surface area contributed by atoms with E-state index in [9.17, 15) is 13.2 Å². The number of ether oxygens (including phenoxy) is 1. The maximum atomic E-state index is 12.2. The number of benzene rings is 2. The van der Waals surface area contributed by atoms with Crippen LogP contribution in [0.1, 0.15) is 19.4 Å². The molecular formula is C22H24N2O4S2. The number of nitrogens with zero attached hydrogens (tertiary/aromatic N) is 2. The van der Waals surface area contributed by atoms with E-state index in [1.165, 1.54) is 11.8 Å². The van der Waals surface area contributed by atoms with Gasteiger partial charge >= 0.3 is 0 Å². The minimum atomic E-state index is -3.09. The summed E-state index contributed by atoms with van der Waals surface area (Å²) in [5.74, 6) is 0.505. The van der Waals surface area contributed by atoms with Crippen LogP contribution in [0.3, 0.4) is 0 Å². The molecular weight excluding hydrogens is 420 g/mol. The molecule has 0 spiro atoms. The van der Waals surface area contributed by atoms with Crippen LogP contribution in [-0.2, 0) is 21.2 Å². The van der Waals surface area contributed by atoms with Crippen LogP contribution in [0.15, 0.2) is 59.6 Å². The average molecular weight is 445 g/mol. The molecule has 2 saturated heterocycles. The minimum absolute atomic E-state index is 0.0752. The number of hydrogen-bond acceptors (Lipinski definition) is 5. The molecule has 30 heavy (non-hydrogen) atoms. The summed E-state index contributed by atoms with van der Waals surface area (Å²) in [5.41, 5.74) is 1.90. The first-order valence-electron chi connectivity index (χ1n) is 9.88. The van der Waals surface area contributed by atoms with E-state index in [1.807, 2.05) is 59.5 Å². The summed E-state index contributed by atoms with van der Waals surface area (Å²) in [6.07, 6.45) is 0. The van der Waals surface area contributed by atoms with Crippen molar-refractivity contribution in [1.82, 2.24) is 0 Å². The van der Waals surface area contributed by atoms with Gasteiger partial charge in [0.2, 0.25) is 0 Å². The fraction of sp³-hybridized carbons (Fsp3) is 0.364. The van der Waals surface area contributed by atoms with Gasteiger partial charge in [0.25, 0.3) is 5.91 Å². The third-order valence-electron chi connectivity index (χ3n) is 5.13. The van der Waals surface area contributed by atoms with Crippen LogP contribution in [0.4, 0.5) is 5.69 Å². The molecule has 2 aromatic rings. The third-order valence-corrected chi connectivity index (χ3v) is 8.34. The molecule has 8 heteroatoms. The van der Waals surface area contributed by atoms with E-state index in [2.05, 4.69) is 4.99 Å². The van der Waals surface area contributed by atoms with Gasteiger partial charge in [0, 0.05) is 16.9 Å². The van der Waals surface area contributed by atoms with Crippen LogP contribution in [0.5, 0.6) is 5.75 Å². The molecule has 2 aliphatic heterocycles. The standard InChI is InChI=1S/C22H24N2O4S2/c1-15(2)21(25)23-22-24(19-13-30(26,27)14-20(19)29-22)17-8-10-18(11-9-17)28-12-16-6-4-3-5-7-16/h3-11,15,19-20H,12-14H2,1-2H3/t19-,20-/m1/s1. The second-order valence-electron chi connectivity index (χ2n) is 7.83. The molecule has 1 amide bonds. The highest BCUT2D eigenvalue weighted by Gasteiger charge is 2.49. The Balaban J connectivity index is 1.56. The number of amides is 1. The molecule has 2 aliphatic rings. The lowest BCUT2D eigenvalue weighted by atomic mass is 10.2. The summed E-state index contributed by atoms with van der Waals surface area (Å²) >= 11 is 1.39. The number of thioether (sulfide) groups is 1. The Morgan fingerprint density at radius 3 is 2.50 bits per heavy atom. The predicted molar refractivity (Wildman–Crippen MR) is 121 cm³/mol. The van der Waals surface area contributed by atoms with Crippen molar-refractivity contribution in [3.05, 3.63) is 60.2 Å². The first kappa shape index (κ1) is 20.9. The van der Waals surface area contributed by atoms with Crippen molar-refractivity contribution >= 4 is 38.4 Å². The van der Waals surface area contributed by atoms with Gasteiger partial charge in [-0.3, -0.25) is 4.79 Å². The topological polar surface area (TPSA) is 76.0 Å². The molecule has 0 radical (unpaired) electrons. The minimum Gasteiger partial charge on any atom is -0.489 e. The van der Waals surface area contributed by atoms with Gasteiger partial charge in [-0.15, -0.1) is 0 Å². The second kappa shape index (κ2) is 8.43. The number of rotatable bonds is 5. The Kier molecular flexibility index (Phi) is 5.88. The fourth-order valence-corrected chi connectivity index (χ4v) is 7.45. The molecule has 158 valence electrons. The molecule has 6 nitrogen and oxygen atoms in total. The molecule has 0 bridgehead atoms. The Morgan fingerprint density at radius 2 is 1.83 bits per heavy atom. The SMILES string of the molecule is CC(C)C(=O)N=C1S[C@@H]2CS(=O)(=O)C[C@H]2N1c1ccc(OCc2ccccc2)cc1. The van der Waals surface area contributed by atoms with Crippen molar-refractivity contribution in [1.29, 1.82) is 0 Å². The highest BCUT2D eigenvalue weighted by Crippen LogP contribution is 2.41. The van der Waals surface area contributed by atoms with Gasteiger partial charge in [0.15, 0.2) is 15.0 Å². The van der Waals surface area contributed by atoms with E-state index in [0.29, 0.717) is 11.8 Å². The number of sulfone groups is 1. The molecule has 2 aromatic carbocycles. The van der Waals surface area contributed by atoms with Crippen LogP contribution < -0.4 is 9.64 Å². The van der Waals surface area contributed by atoms with Crippen molar-refractivity contribution < 1.29 is 17.9 Å². The van der Waals surface area contributed by atoms with Crippen molar-refractivity contribution in [2.75, 3.05) is 16.4 Å². The smallest absolute Gasteiger partial charge is 0.250 e. The number of carbonyl (C=O) groups excluding carboxylic acids is 1. The van der Waals surface area contributed by atoms with Crippen molar-refractivity contribution in [3.8, 4) is 5.75 Å². The number of carbonyl (C=O) groups is 1. The van der Waals surface area contributed by atoms with Crippen LogP contribution in [0.2, 0.25) is 0 Å². The van der Waals surface area contributed by atoms with Gasteiger partial charge in [0.05, 0.1) is 17.5 Å². The van der Waals surface area contributed by atoms with Gasteiger partial charge < -0.3 is 9.64 Å². The predicted octanol–water partition coefficient (Wildman–Crippen LogP) is 3.52. The Hall–Kier alpha value is -2.32. The summed E-state index contributed by atoms with van der Waals surface area (Å²) < 4.78 is 30.2. The van der Waals surface area contributed by atoms with Crippen molar-refractivity contribution in [2.24, 2.45) is 10.9 Å². The van der Waals surface area contributed by atoms with Gasteiger partial charge in [-0.25, -0.2) is 8.42 Å². The quantitative estimate of drug-likeness (QED) is 0.702. The van der Waals surface area contributed by atoms with Crippen LogP contribution in [0, 0.1) is 5.92 Å². The van der Waals surface area contributed by atoms with E-state index < -0.39 is 9.84 Å². The summed E-state index contributed by atoms with van der Waals surface area (Å²) in [7, 11) is -3.09. The zero-order valence-electron chi connectivity index (χ0n) is 16.9. The molecule has 4 rings (SSSR count). The Morgan fingerprint density at radius 1 is 1.13 bits per heavy atom. The summed E-state index contributed by atoms with van der Waals surface area (Å²) in [5, 5.41) is 0.472. The van der Waals surface area contributed by atoms with E-state index in [0.717, 1.165) is 17.0 Å². The van der Waals surface area contributed by atoms with Gasteiger partial charge in [-0.05, 0) is 29.8 Å². The van der Waals surface area contributed by atoms with Crippen LogP contribution in [-0.4, -0.2) is 42.3 Å². The normalized spacial score (nSPS) is 23.7. The molecule has 0 N–H and O–H groups in total. The third kappa shape index (κ3) is 4.54. The first-order valence-corrected chi connectivity index (χ1v) is 12.6. The zero-order valence-corrected chi connectivity index (χ0v) is 18.5. The largest absolute Gasteiger partial charge is 0.489 e. The van der Waals surface area contributed by atoms with Crippen LogP contribution >= 0.6 is 11.8 Å². The molecule has 0 saturated carbocycles. The number of hydrogen-bond donors (Lipinski definition) is 0. The zero-order chi connectivity index (χ0) is 21.3. The lowest BCUT2D eigenvalue weighted by Gasteiger charge is -2.24. The van der Waals surface area contributed by atoms with Gasteiger partial charge in [-0.1, -0.05) is 55.9 Å². The van der Waals surface area contributed by atoms with Crippen molar-refractivity contribution in [3.63, 3.8) is 0 Å². The maximum absolute atomic E-state index is 12.2. The average Bonchev–Trinajstić information content (AvgIpc) is 3.18. The van der Waals surface area contributed by atoms with E-state index in [-0.39, 0.29) is 34.6 Å². The lowest BCUT2D eigenvalue weighted by molar-refractivity contribution is -0.120. The molecule has 0 unspecified atom stereocenters. The maximum Gasteiger partial charge on any atom is 0.250 e.